The molecule has 0 aliphatic rings. The summed E-state index contributed by atoms with van der Waals surface area (Å²) in [6.07, 6.45) is 1.47. The van der Waals surface area contributed by atoms with Crippen molar-refractivity contribution in [3.63, 3.8) is 0 Å². The van der Waals surface area contributed by atoms with Crippen molar-refractivity contribution in [1.82, 2.24) is 3.97 Å². The molecule has 25 heavy (non-hydrogen) atoms. The van der Waals surface area contributed by atoms with Gasteiger partial charge in [-0.25, -0.2) is 3.97 Å². The Morgan fingerprint density at radius 2 is 1.72 bits per heavy atom. The Kier molecular flexibility index (Phi) is 7.85. The predicted octanol–water partition coefficient (Wildman–Crippen LogP) is 4.85. The SMILES string of the molecule is CC.CC.NC(=O)c1ccc2c(ccn2S(=O)(=O)c2ccc(Br)s2)c1. The van der Waals surface area contributed by atoms with E-state index in [1.54, 1.807) is 30.3 Å². The second kappa shape index (κ2) is 9.17. The summed E-state index contributed by atoms with van der Waals surface area (Å²) < 4.78 is 27.4. The fourth-order valence-electron chi connectivity index (χ4n) is 2.01. The number of hydrogen-bond acceptors (Lipinski definition) is 4. The molecule has 0 fully saturated rings. The molecule has 0 bridgehead atoms. The van der Waals surface area contributed by atoms with Crippen LogP contribution in [0.3, 0.4) is 0 Å². The van der Waals surface area contributed by atoms with Gasteiger partial charge in [0.2, 0.25) is 5.91 Å². The van der Waals surface area contributed by atoms with E-state index in [0.29, 0.717) is 16.5 Å². The van der Waals surface area contributed by atoms with Crippen LogP contribution >= 0.6 is 27.3 Å². The van der Waals surface area contributed by atoms with Crippen LogP contribution < -0.4 is 5.73 Å². The van der Waals surface area contributed by atoms with E-state index in [1.165, 1.54) is 16.2 Å². The zero-order chi connectivity index (χ0) is 19.2. The maximum atomic E-state index is 12.6. The lowest BCUT2D eigenvalue weighted by molar-refractivity contribution is 0.100. The largest absolute Gasteiger partial charge is 0.366 e. The van der Waals surface area contributed by atoms with Gasteiger partial charge in [0.05, 0.1) is 9.30 Å². The molecule has 0 unspecified atom stereocenters. The molecule has 2 aromatic heterocycles. The number of thiophene rings is 1. The van der Waals surface area contributed by atoms with Crippen molar-refractivity contribution in [3.8, 4) is 0 Å². The highest BCUT2D eigenvalue weighted by molar-refractivity contribution is 9.11. The summed E-state index contributed by atoms with van der Waals surface area (Å²) in [6.45, 7) is 8.00. The van der Waals surface area contributed by atoms with Gasteiger partial charge >= 0.3 is 0 Å². The van der Waals surface area contributed by atoms with Gasteiger partial charge in [-0.05, 0) is 52.3 Å². The van der Waals surface area contributed by atoms with Crippen LogP contribution in [0.5, 0.6) is 0 Å². The van der Waals surface area contributed by atoms with E-state index in [0.717, 1.165) is 15.1 Å². The summed E-state index contributed by atoms with van der Waals surface area (Å²) in [6, 6.07) is 9.55. The minimum absolute atomic E-state index is 0.242. The summed E-state index contributed by atoms with van der Waals surface area (Å²) in [5.74, 6) is -0.547. The maximum absolute atomic E-state index is 12.6. The van der Waals surface area contributed by atoms with E-state index >= 15 is 0 Å². The Bertz CT molecular complexity index is 959. The number of amides is 1. The molecule has 0 aliphatic carbocycles. The minimum atomic E-state index is -3.65. The number of benzene rings is 1. The molecule has 0 radical (unpaired) electrons. The lowest BCUT2D eigenvalue weighted by Crippen LogP contribution is -2.12. The Balaban J connectivity index is 0.000000730. The number of nitrogens with two attached hydrogens (primary N) is 1. The van der Waals surface area contributed by atoms with Gasteiger partial charge in [-0.15, -0.1) is 11.3 Å². The van der Waals surface area contributed by atoms with Gasteiger partial charge in [-0.1, -0.05) is 27.7 Å². The van der Waals surface area contributed by atoms with E-state index in [4.69, 9.17) is 5.73 Å². The average Bonchev–Trinajstić information content (AvgIpc) is 3.24. The minimum Gasteiger partial charge on any atom is -0.366 e. The first-order valence-electron chi connectivity index (χ1n) is 7.81. The van der Waals surface area contributed by atoms with Crippen LogP contribution in [0.2, 0.25) is 0 Å². The van der Waals surface area contributed by atoms with E-state index < -0.39 is 15.9 Å². The maximum Gasteiger partial charge on any atom is 0.277 e. The molecular formula is C17H21BrN2O3S2. The Morgan fingerprint density at radius 1 is 1.08 bits per heavy atom. The third-order valence-electron chi connectivity index (χ3n) is 3.00. The van der Waals surface area contributed by atoms with Crippen LogP contribution in [0, 0.1) is 0 Å². The van der Waals surface area contributed by atoms with Gasteiger partial charge < -0.3 is 5.73 Å². The van der Waals surface area contributed by atoms with Crippen molar-refractivity contribution in [2.24, 2.45) is 5.73 Å². The van der Waals surface area contributed by atoms with Crippen LogP contribution in [-0.2, 0) is 10.0 Å². The molecule has 0 saturated carbocycles. The number of halogens is 1. The quantitative estimate of drug-likeness (QED) is 0.626. The zero-order valence-corrected chi connectivity index (χ0v) is 17.7. The van der Waals surface area contributed by atoms with Gasteiger partial charge in [-0.2, -0.15) is 8.42 Å². The summed E-state index contributed by atoms with van der Waals surface area (Å²) in [5, 5.41) is 0.644. The number of hydrogen-bond donors (Lipinski definition) is 1. The van der Waals surface area contributed by atoms with Crippen LogP contribution in [-0.4, -0.2) is 18.3 Å². The molecule has 136 valence electrons. The molecule has 0 saturated heterocycles. The Morgan fingerprint density at radius 3 is 2.24 bits per heavy atom. The Hall–Kier alpha value is -1.64. The van der Waals surface area contributed by atoms with Gasteiger partial charge in [-0.3, -0.25) is 4.79 Å². The Labute approximate surface area is 160 Å². The van der Waals surface area contributed by atoms with Gasteiger partial charge in [0.25, 0.3) is 10.0 Å². The van der Waals surface area contributed by atoms with Crippen molar-refractivity contribution in [1.29, 1.82) is 0 Å². The van der Waals surface area contributed by atoms with Crippen molar-refractivity contribution in [2.75, 3.05) is 0 Å². The predicted molar refractivity (Wildman–Crippen MR) is 108 cm³/mol. The molecule has 8 heteroatoms. The summed E-state index contributed by atoms with van der Waals surface area (Å²) in [7, 11) is -3.65. The van der Waals surface area contributed by atoms with Crippen molar-refractivity contribution in [3.05, 3.63) is 51.9 Å². The number of rotatable bonds is 3. The van der Waals surface area contributed by atoms with Crippen molar-refractivity contribution in [2.45, 2.75) is 31.9 Å². The van der Waals surface area contributed by atoms with Crippen LogP contribution in [0.15, 0.2) is 50.6 Å². The first-order valence-corrected chi connectivity index (χ1v) is 10.9. The topological polar surface area (TPSA) is 82.2 Å². The summed E-state index contributed by atoms with van der Waals surface area (Å²) >= 11 is 4.40. The molecule has 0 spiro atoms. The highest BCUT2D eigenvalue weighted by atomic mass is 79.9. The zero-order valence-electron chi connectivity index (χ0n) is 14.5. The number of carbonyl (C=O) groups excluding carboxylic acids is 1. The first-order chi connectivity index (χ1) is 11.9. The second-order valence-electron chi connectivity index (χ2n) is 4.31. The summed E-state index contributed by atoms with van der Waals surface area (Å²) in [4.78, 5) is 11.2. The van der Waals surface area contributed by atoms with Gasteiger partial charge in [0.15, 0.2) is 0 Å². The highest BCUT2D eigenvalue weighted by Crippen LogP contribution is 2.30. The third-order valence-corrected chi connectivity index (χ3v) is 6.78. The molecular weight excluding hydrogens is 424 g/mol. The molecule has 0 aliphatic heterocycles. The van der Waals surface area contributed by atoms with E-state index in [-0.39, 0.29) is 4.21 Å². The average molecular weight is 445 g/mol. The van der Waals surface area contributed by atoms with Crippen LogP contribution in [0.25, 0.3) is 10.9 Å². The molecule has 1 aromatic carbocycles. The molecule has 5 nitrogen and oxygen atoms in total. The molecule has 1 amide bonds. The second-order valence-corrected chi connectivity index (χ2v) is 8.82. The number of nitrogens with zero attached hydrogens (tertiary/aromatic N) is 1. The first kappa shape index (κ1) is 21.4. The van der Waals surface area contributed by atoms with Crippen LogP contribution in [0.4, 0.5) is 0 Å². The van der Waals surface area contributed by atoms with E-state index in [9.17, 15) is 13.2 Å². The van der Waals surface area contributed by atoms with E-state index in [2.05, 4.69) is 15.9 Å². The van der Waals surface area contributed by atoms with Crippen molar-refractivity contribution >= 4 is 54.1 Å². The smallest absolute Gasteiger partial charge is 0.277 e. The van der Waals surface area contributed by atoms with Crippen LogP contribution in [0.1, 0.15) is 38.1 Å². The third kappa shape index (κ3) is 4.50. The summed E-state index contributed by atoms with van der Waals surface area (Å²) in [5.41, 5.74) is 6.07. The fraction of sp³-hybridized carbons (Fsp3) is 0.235. The number of carbonyl (C=O) groups is 1. The molecule has 0 atom stereocenters. The molecule has 2 heterocycles. The van der Waals surface area contributed by atoms with Crippen molar-refractivity contribution < 1.29 is 13.2 Å². The lowest BCUT2D eigenvalue weighted by atomic mass is 10.1. The normalized spacial score (nSPS) is 10.4. The van der Waals surface area contributed by atoms with E-state index in [1.807, 2.05) is 27.7 Å². The number of primary amides is 1. The van der Waals surface area contributed by atoms with Gasteiger partial charge in [0.1, 0.15) is 4.21 Å². The standard InChI is InChI=1S/C13H9BrN2O3S2.2C2H6/c14-11-3-4-12(20-11)21(18,19)16-6-5-8-7-9(13(15)17)1-2-10(8)16;2*1-2/h1-7H,(H2,15,17);2*1-2H3. The number of fused-ring (bicyclic) bond motifs is 1. The fourth-order valence-corrected chi connectivity index (χ4v) is 5.47. The van der Waals surface area contributed by atoms with Gasteiger partial charge in [0, 0.05) is 17.1 Å². The molecule has 2 N–H and O–H groups in total. The molecule has 3 rings (SSSR count). The lowest BCUT2D eigenvalue weighted by Gasteiger charge is -2.05. The number of aromatic nitrogens is 1. The molecule has 3 aromatic rings. The monoisotopic (exact) mass is 444 g/mol. The highest BCUT2D eigenvalue weighted by Gasteiger charge is 2.21.